The molecule has 0 aromatic carbocycles. The molecule has 0 fully saturated rings. The van der Waals surface area contributed by atoms with E-state index in [4.69, 9.17) is 5.73 Å². The molecule has 0 radical (unpaired) electrons. The fourth-order valence-electron chi connectivity index (χ4n) is 0.360. The van der Waals surface area contributed by atoms with E-state index in [1.807, 2.05) is 26.8 Å². The number of rotatable bonds is 1. The molecule has 1 nitrogen and oxygen atoms in total. The van der Waals surface area contributed by atoms with E-state index >= 15 is 0 Å². The molecular formula is C7H13NS. The number of allylic oxidation sites excluding steroid dienone is 3. The van der Waals surface area contributed by atoms with Crippen LogP contribution < -0.4 is 5.73 Å². The van der Waals surface area contributed by atoms with Crippen LogP contribution in [-0.4, -0.2) is 0 Å². The van der Waals surface area contributed by atoms with Crippen LogP contribution in [0.4, 0.5) is 0 Å². The molecular weight excluding hydrogens is 130 g/mol. The number of nitrogens with two attached hydrogens (primary N) is 1. The molecule has 0 heterocycles. The van der Waals surface area contributed by atoms with Gasteiger partial charge in [0.05, 0.1) is 0 Å². The average Bonchev–Trinajstić information content (AvgIpc) is 1.63. The molecule has 0 saturated carbocycles. The van der Waals surface area contributed by atoms with Crippen LogP contribution in [-0.2, 0) is 0 Å². The van der Waals surface area contributed by atoms with Crippen molar-refractivity contribution in [3.8, 4) is 0 Å². The highest BCUT2D eigenvalue weighted by Gasteiger charge is 1.86. The van der Waals surface area contributed by atoms with E-state index in [-0.39, 0.29) is 0 Å². The van der Waals surface area contributed by atoms with E-state index in [0.717, 1.165) is 10.6 Å². The Balaban J connectivity index is 4.25. The summed E-state index contributed by atoms with van der Waals surface area (Å²) in [6, 6.07) is 0. The van der Waals surface area contributed by atoms with Crippen LogP contribution >= 0.6 is 12.6 Å². The van der Waals surface area contributed by atoms with Gasteiger partial charge in [0.1, 0.15) is 0 Å². The van der Waals surface area contributed by atoms with Crippen LogP contribution in [0.2, 0.25) is 0 Å². The Bertz CT molecular complexity index is 148. The zero-order valence-corrected chi connectivity index (χ0v) is 7.00. The van der Waals surface area contributed by atoms with Crippen LogP contribution in [0, 0.1) is 0 Å². The average molecular weight is 143 g/mol. The summed E-state index contributed by atoms with van der Waals surface area (Å²) in [6.07, 6.45) is 1.85. The van der Waals surface area contributed by atoms with Gasteiger partial charge in [-0.05, 0) is 26.8 Å². The summed E-state index contributed by atoms with van der Waals surface area (Å²) in [5, 5.41) is 0. The van der Waals surface area contributed by atoms with E-state index in [0.29, 0.717) is 0 Å². The van der Waals surface area contributed by atoms with Crippen LogP contribution in [0.3, 0.4) is 0 Å². The number of hydrogen-bond donors (Lipinski definition) is 2. The lowest BCUT2D eigenvalue weighted by Gasteiger charge is -1.94. The third-order valence-corrected chi connectivity index (χ3v) is 1.45. The summed E-state index contributed by atoms with van der Waals surface area (Å²) in [5.74, 6) is 0. The molecule has 0 aromatic heterocycles. The first-order valence-corrected chi connectivity index (χ1v) is 3.29. The fourth-order valence-corrected chi connectivity index (χ4v) is 0.564. The van der Waals surface area contributed by atoms with Crippen molar-refractivity contribution in [2.45, 2.75) is 20.8 Å². The zero-order valence-electron chi connectivity index (χ0n) is 6.10. The minimum Gasteiger partial charge on any atom is -0.402 e. The third-order valence-electron chi connectivity index (χ3n) is 0.877. The van der Waals surface area contributed by atoms with E-state index in [1.165, 1.54) is 5.57 Å². The van der Waals surface area contributed by atoms with Crippen LogP contribution in [0.25, 0.3) is 0 Å². The number of hydrogen-bond acceptors (Lipinski definition) is 2. The molecule has 2 N–H and O–H groups in total. The van der Waals surface area contributed by atoms with Crippen molar-refractivity contribution in [3.05, 3.63) is 22.3 Å². The lowest BCUT2D eigenvalue weighted by atomic mass is 10.3. The highest BCUT2D eigenvalue weighted by Crippen LogP contribution is 2.09. The van der Waals surface area contributed by atoms with Crippen LogP contribution in [0.1, 0.15) is 20.8 Å². The number of thiol groups is 1. The minimum absolute atomic E-state index is 0.793. The molecule has 0 atom stereocenters. The molecule has 0 rings (SSSR count). The second-order valence-corrected chi connectivity index (χ2v) is 2.76. The highest BCUT2D eigenvalue weighted by molar-refractivity contribution is 7.84. The molecule has 2 heteroatoms. The fraction of sp³-hybridized carbons (Fsp3) is 0.429. The Morgan fingerprint density at radius 3 is 1.89 bits per heavy atom. The molecule has 0 bridgehead atoms. The van der Waals surface area contributed by atoms with E-state index < -0.39 is 0 Å². The lowest BCUT2D eigenvalue weighted by Crippen LogP contribution is -1.89. The van der Waals surface area contributed by atoms with Crippen molar-refractivity contribution < 1.29 is 0 Å². The lowest BCUT2D eigenvalue weighted by molar-refractivity contribution is 1.29. The Morgan fingerprint density at radius 1 is 1.33 bits per heavy atom. The van der Waals surface area contributed by atoms with Crippen molar-refractivity contribution >= 4 is 12.6 Å². The van der Waals surface area contributed by atoms with Crippen molar-refractivity contribution in [2.24, 2.45) is 5.73 Å². The molecule has 0 aliphatic carbocycles. The predicted octanol–water partition coefficient (Wildman–Crippen LogP) is 2.07. The molecule has 0 unspecified atom stereocenters. The topological polar surface area (TPSA) is 26.0 Å². The summed E-state index contributed by atoms with van der Waals surface area (Å²) in [7, 11) is 0. The van der Waals surface area contributed by atoms with Gasteiger partial charge in [-0.25, -0.2) is 0 Å². The van der Waals surface area contributed by atoms with Gasteiger partial charge in [-0.3, -0.25) is 0 Å². The maximum atomic E-state index is 5.41. The van der Waals surface area contributed by atoms with E-state index in [1.54, 1.807) is 0 Å². The zero-order chi connectivity index (χ0) is 7.44. The molecule has 0 aliphatic rings. The molecule has 0 aliphatic heterocycles. The van der Waals surface area contributed by atoms with E-state index in [9.17, 15) is 0 Å². The van der Waals surface area contributed by atoms with Crippen LogP contribution in [0.5, 0.6) is 0 Å². The van der Waals surface area contributed by atoms with Crippen molar-refractivity contribution in [1.29, 1.82) is 0 Å². The maximum absolute atomic E-state index is 5.41. The first kappa shape index (κ1) is 8.63. The Morgan fingerprint density at radius 2 is 1.78 bits per heavy atom. The quantitative estimate of drug-likeness (QED) is 0.426. The third kappa shape index (κ3) is 4.15. The molecule has 0 aromatic rings. The minimum atomic E-state index is 0.793. The highest BCUT2D eigenvalue weighted by atomic mass is 32.1. The maximum Gasteiger partial charge on any atom is 0.00599 e. The SMILES string of the molecule is CC(N)=CC(S)=C(C)C. The summed E-state index contributed by atoms with van der Waals surface area (Å²) < 4.78 is 0. The van der Waals surface area contributed by atoms with E-state index in [2.05, 4.69) is 12.6 Å². The standard InChI is InChI=1S/C7H13NS/c1-5(2)7(9)4-6(3)8/h4,9H,8H2,1-3H3. The van der Waals surface area contributed by atoms with Gasteiger partial charge in [0.15, 0.2) is 0 Å². The van der Waals surface area contributed by atoms with Gasteiger partial charge < -0.3 is 5.73 Å². The second-order valence-electron chi connectivity index (χ2n) is 2.27. The molecule has 52 valence electrons. The first-order chi connectivity index (χ1) is 4.04. The molecule has 0 saturated heterocycles. The van der Waals surface area contributed by atoms with Gasteiger partial charge in [0, 0.05) is 10.6 Å². The van der Waals surface area contributed by atoms with Gasteiger partial charge in [-0.15, -0.1) is 12.6 Å². The Kier molecular flexibility index (Phi) is 3.47. The smallest absolute Gasteiger partial charge is 0.00599 e. The Hall–Kier alpha value is -0.370. The van der Waals surface area contributed by atoms with Crippen molar-refractivity contribution in [1.82, 2.24) is 0 Å². The summed E-state index contributed by atoms with van der Waals surface area (Å²) in [6.45, 7) is 5.85. The summed E-state index contributed by atoms with van der Waals surface area (Å²) >= 11 is 4.19. The molecule has 9 heavy (non-hydrogen) atoms. The summed E-state index contributed by atoms with van der Waals surface area (Å²) in [5.41, 5.74) is 7.39. The predicted molar refractivity (Wildman–Crippen MR) is 45.3 cm³/mol. The molecule has 0 spiro atoms. The normalized spacial score (nSPS) is 11.3. The Labute approximate surface area is 62.0 Å². The van der Waals surface area contributed by atoms with Gasteiger partial charge >= 0.3 is 0 Å². The van der Waals surface area contributed by atoms with Gasteiger partial charge in [-0.1, -0.05) is 5.57 Å². The molecule has 0 amide bonds. The largest absolute Gasteiger partial charge is 0.402 e. The monoisotopic (exact) mass is 143 g/mol. The second kappa shape index (κ2) is 3.62. The van der Waals surface area contributed by atoms with Crippen LogP contribution in [0.15, 0.2) is 22.3 Å². The van der Waals surface area contributed by atoms with Crippen molar-refractivity contribution in [3.63, 3.8) is 0 Å². The van der Waals surface area contributed by atoms with Gasteiger partial charge in [0.25, 0.3) is 0 Å². The van der Waals surface area contributed by atoms with Gasteiger partial charge in [-0.2, -0.15) is 0 Å². The van der Waals surface area contributed by atoms with Crippen molar-refractivity contribution in [2.75, 3.05) is 0 Å². The van der Waals surface area contributed by atoms with Gasteiger partial charge in [0.2, 0.25) is 0 Å². The first-order valence-electron chi connectivity index (χ1n) is 2.84. The summed E-state index contributed by atoms with van der Waals surface area (Å²) in [4.78, 5) is 0.954.